The van der Waals surface area contributed by atoms with Crippen molar-refractivity contribution in [2.45, 2.75) is 56.2 Å². The van der Waals surface area contributed by atoms with E-state index < -0.39 is 0 Å². The molecule has 1 heterocycles. The SMILES string of the molecule is CC(C)Sc1ccc(C(C)NC(=O)CCC2CCNC2)cc1.Cl. The van der Waals surface area contributed by atoms with Crippen molar-refractivity contribution in [3.63, 3.8) is 0 Å². The van der Waals surface area contributed by atoms with Gasteiger partial charge in [-0.3, -0.25) is 4.79 Å². The first-order valence-corrected chi connectivity index (χ1v) is 9.19. The normalized spacial score (nSPS) is 18.5. The van der Waals surface area contributed by atoms with Crippen LogP contribution in [0.15, 0.2) is 29.2 Å². The highest BCUT2D eigenvalue weighted by Gasteiger charge is 2.16. The van der Waals surface area contributed by atoms with Crippen LogP contribution in [0.25, 0.3) is 0 Å². The van der Waals surface area contributed by atoms with Gasteiger partial charge >= 0.3 is 0 Å². The Kier molecular flexibility index (Phi) is 9.03. The van der Waals surface area contributed by atoms with Gasteiger partial charge in [-0.1, -0.05) is 26.0 Å². The van der Waals surface area contributed by atoms with Gasteiger partial charge in [0.05, 0.1) is 6.04 Å². The molecule has 1 aromatic rings. The van der Waals surface area contributed by atoms with E-state index in [1.165, 1.54) is 16.9 Å². The molecular formula is C18H29ClN2OS. The number of hydrogen-bond donors (Lipinski definition) is 2. The molecule has 1 fully saturated rings. The van der Waals surface area contributed by atoms with E-state index in [2.05, 4.69) is 55.7 Å². The average Bonchev–Trinajstić information content (AvgIpc) is 2.98. The van der Waals surface area contributed by atoms with E-state index in [9.17, 15) is 4.79 Å². The first-order chi connectivity index (χ1) is 10.5. The summed E-state index contributed by atoms with van der Waals surface area (Å²) in [6.07, 6.45) is 2.84. The Balaban J connectivity index is 0.00000264. The zero-order chi connectivity index (χ0) is 15.9. The highest BCUT2D eigenvalue weighted by atomic mass is 35.5. The number of thioether (sulfide) groups is 1. The maximum atomic E-state index is 12.1. The second-order valence-electron chi connectivity index (χ2n) is 6.42. The van der Waals surface area contributed by atoms with Gasteiger partial charge in [0.1, 0.15) is 0 Å². The summed E-state index contributed by atoms with van der Waals surface area (Å²) in [7, 11) is 0. The van der Waals surface area contributed by atoms with Crippen molar-refractivity contribution in [1.29, 1.82) is 0 Å². The maximum Gasteiger partial charge on any atom is 0.220 e. The lowest BCUT2D eigenvalue weighted by Gasteiger charge is -2.16. The van der Waals surface area contributed by atoms with E-state index in [4.69, 9.17) is 0 Å². The highest BCUT2D eigenvalue weighted by Crippen LogP contribution is 2.24. The fraction of sp³-hybridized carbons (Fsp3) is 0.611. The highest BCUT2D eigenvalue weighted by molar-refractivity contribution is 7.99. The molecule has 2 N–H and O–H groups in total. The molecule has 0 bridgehead atoms. The Morgan fingerprint density at radius 2 is 2.00 bits per heavy atom. The van der Waals surface area contributed by atoms with Gasteiger partial charge in [0.2, 0.25) is 5.91 Å². The van der Waals surface area contributed by atoms with Crippen molar-refractivity contribution in [2.24, 2.45) is 5.92 Å². The first-order valence-electron chi connectivity index (χ1n) is 8.31. The quantitative estimate of drug-likeness (QED) is 0.720. The Labute approximate surface area is 150 Å². The topological polar surface area (TPSA) is 41.1 Å². The van der Waals surface area contributed by atoms with Crippen LogP contribution in [0.3, 0.4) is 0 Å². The van der Waals surface area contributed by atoms with Crippen LogP contribution >= 0.6 is 24.2 Å². The molecule has 1 amide bonds. The maximum absolute atomic E-state index is 12.1. The summed E-state index contributed by atoms with van der Waals surface area (Å²) >= 11 is 1.86. The molecule has 3 nitrogen and oxygen atoms in total. The third-order valence-electron chi connectivity index (χ3n) is 4.07. The molecule has 1 aliphatic rings. The number of benzene rings is 1. The zero-order valence-electron chi connectivity index (χ0n) is 14.3. The summed E-state index contributed by atoms with van der Waals surface area (Å²) < 4.78 is 0. The standard InChI is InChI=1S/C18H28N2OS.ClH/c1-13(2)22-17-7-5-16(6-8-17)14(3)20-18(21)9-4-15-10-11-19-12-15;/h5-8,13-15,19H,4,9-12H2,1-3H3,(H,20,21);1H. The van der Waals surface area contributed by atoms with E-state index in [1.54, 1.807) is 0 Å². The minimum absolute atomic E-state index is 0. The number of carbonyl (C=O) groups is 1. The number of carbonyl (C=O) groups excluding carboxylic acids is 1. The van der Waals surface area contributed by atoms with Crippen LogP contribution in [-0.2, 0) is 4.79 Å². The summed E-state index contributed by atoms with van der Waals surface area (Å²) in [4.78, 5) is 13.3. The lowest BCUT2D eigenvalue weighted by atomic mass is 10.0. The first kappa shape index (κ1) is 20.3. The van der Waals surface area contributed by atoms with Crippen molar-refractivity contribution >= 4 is 30.1 Å². The summed E-state index contributed by atoms with van der Waals surface area (Å²) in [6, 6.07) is 8.61. The lowest BCUT2D eigenvalue weighted by molar-refractivity contribution is -0.122. The van der Waals surface area contributed by atoms with Crippen molar-refractivity contribution in [3.05, 3.63) is 29.8 Å². The van der Waals surface area contributed by atoms with E-state index in [0.717, 1.165) is 19.5 Å². The van der Waals surface area contributed by atoms with Crippen LogP contribution < -0.4 is 10.6 Å². The van der Waals surface area contributed by atoms with Crippen LogP contribution in [0.1, 0.15) is 51.6 Å². The van der Waals surface area contributed by atoms with Gasteiger partial charge in [0, 0.05) is 16.6 Å². The molecule has 5 heteroatoms. The number of amides is 1. The van der Waals surface area contributed by atoms with Crippen LogP contribution in [-0.4, -0.2) is 24.2 Å². The van der Waals surface area contributed by atoms with E-state index in [1.807, 2.05) is 11.8 Å². The van der Waals surface area contributed by atoms with Gasteiger partial charge in [-0.05, 0) is 56.5 Å². The molecular weight excluding hydrogens is 328 g/mol. The molecule has 23 heavy (non-hydrogen) atoms. The second-order valence-corrected chi connectivity index (χ2v) is 8.07. The molecule has 2 unspecified atom stereocenters. The van der Waals surface area contributed by atoms with Crippen molar-refractivity contribution in [1.82, 2.24) is 10.6 Å². The van der Waals surface area contributed by atoms with Crippen molar-refractivity contribution < 1.29 is 4.79 Å². The van der Waals surface area contributed by atoms with E-state index in [-0.39, 0.29) is 24.4 Å². The third-order valence-corrected chi connectivity index (χ3v) is 5.09. The monoisotopic (exact) mass is 356 g/mol. The minimum atomic E-state index is 0. The zero-order valence-corrected chi connectivity index (χ0v) is 15.9. The fourth-order valence-electron chi connectivity index (χ4n) is 2.80. The smallest absolute Gasteiger partial charge is 0.220 e. The van der Waals surface area contributed by atoms with Crippen molar-refractivity contribution in [3.8, 4) is 0 Å². The van der Waals surface area contributed by atoms with E-state index >= 15 is 0 Å². The molecule has 2 atom stereocenters. The van der Waals surface area contributed by atoms with Crippen LogP contribution in [0.5, 0.6) is 0 Å². The van der Waals surface area contributed by atoms with Crippen LogP contribution in [0.2, 0.25) is 0 Å². The number of nitrogens with one attached hydrogen (secondary N) is 2. The molecule has 130 valence electrons. The van der Waals surface area contributed by atoms with E-state index in [0.29, 0.717) is 17.6 Å². The number of halogens is 1. The minimum Gasteiger partial charge on any atom is -0.350 e. The predicted molar refractivity (Wildman–Crippen MR) is 101 cm³/mol. The summed E-state index contributed by atoms with van der Waals surface area (Å²) in [5.41, 5.74) is 1.17. The molecule has 0 radical (unpaired) electrons. The Morgan fingerprint density at radius 1 is 1.30 bits per heavy atom. The summed E-state index contributed by atoms with van der Waals surface area (Å²) in [6.45, 7) is 8.61. The Hall–Kier alpha value is -0.710. The van der Waals surface area contributed by atoms with Gasteiger partial charge in [-0.15, -0.1) is 24.2 Å². The lowest BCUT2D eigenvalue weighted by Crippen LogP contribution is -2.27. The Bertz CT molecular complexity index is 472. The Morgan fingerprint density at radius 3 is 2.57 bits per heavy atom. The number of hydrogen-bond acceptors (Lipinski definition) is 3. The fourth-order valence-corrected chi connectivity index (χ4v) is 3.64. The van der Waals surface area contributed by atoms with Gasteiger partial charge in [0.25, 0.3) is 0 Å². The average molecular weight is 357 g/mol. The molecule has 1 aliphatic heterocycles. The second kappa shape index (κ2) is 10.2. The number of rotatable bonds is 7. The van der Waals surface area contributed by atoms with Gasteiger partial charge in [0.15, 0.2) is 0 Å². The summed E-state index contributed by atoms with van der Waals surface area (Å²) in [5.74, 6) is 0.841. The third kappa shape index (κ3) is 7.15. The molecule has 0 spiro atoms. The molecule has 1 aromatic carbocycles. The van der Waals surface area contributed by atoms with Gasteiger partial charge < -0.3 is 10.6 Å². The molecule has 2 rings (SSSR count). The molecule has 0 aromatic heterocycles. The van der Waals surface area contributed by atoms with Gasteiger partial charge in [-0.2, -0.15) is 0 Å². The van der Waals surface area contributed by atoms with Crippen LogP contribution in [0.4, 0.5) is 0 Å². The molecule has 0 aliphatic carbocycles. The largest absolute Gasteiger partial charge is 0.350 e. The van der Waals surface area contributed by atoms with Crippen LogP contribution in [0, 0.1) is 5.92 Å². The van der Waals surface area contributed by atoms with Crippen molar-refractivity contribution in [2.75, 3.05) is 13.1 Å². The molecule has 1 saturated heterocycles. The molecule has 0 saturated carbocycles. The predicted octanol–water partition coefficient (Wildman–Crippen LogP) is 4.18. The van der Waals surface area contributed by atoms with Gasteiger partial charge in [-0.25, -0.2) is 0 Å². The summed E-state index contributed by atoms with van der Waals surface area (Å²) in [5, 5.41) is 7.05.